The molecule has 3 aliphatic rings. The van der Waals surface area contributed by atoms with Gasteiger partial charge >= 0.3 is 6.03 Å². The van der Waals surface area contributed by atoms with Gasteiger partial charge in [-0.2, -0.15) is 0 Å². The molecule has 3 heterocycles. The minimum absolute atomic E-state index is 0.0166. The van der Waals surface area contributed by atoms with Crippen LogP contribution in [0, 0.1) is 5.92 Å². The Balaban J connectivity index is 1.33. The molecular formula is C22H32N4O2. The SMILES string of the molecule is O=C(Nc1ccccc1N1CCCCC1)C1CCN(C(=O)N2CCCC2)CC1. The molecule has 6 heteroatoms. The van der Waals surface area contributed by atoms with E-state index in [9.17, 15) is 9.59 Å². The predicted molar refractivity (Wildman–Crippen MR) is 112 cm³/mol. The van der Waals surface area contributed by atoms with Crippen LogP contribution in [0.25, 0.3) is 0 Å². The Hall–Kier alpha value is -2.24. The lowest BCUT2D eigenvalue weighted by Gasteiger charge is -2.34. The van der Waals surface area contributed by atoms with Crippen LogP contribution >= 0.6 is 0 Å². The standard InChI is InChI=1S/C22H32N4O2/c27-21(18-10-16-26(17-11-18)22(28)25-14-6-7-15-25)23-19-8-2-3-9-20(19)24-12-4-1-5-13-24/h2-3,8-9,18H,1,4-7,10-17H2,(H,23,27). The lowest BCUT2D eigenvalue weighted by molar-refractivity contribution is -0.121. The van der Waals surface area contributed by atoms with E-state index in [1.54, 1.807) is 0 Å². The van der Waals surface area contributed by atoms with Gasteiger partial charge in [0.1, 0.15) is 0 Å². The molecule has 1 aromatic rings. The van der Waals surface area contributed by atoms with Gasteiger partial charge in [0.15, 0.2) is 0 Å². The minimum Gasteiger partial charge on any atom is -0.370 e. The van der Waals surface area contributed by atoms with E-state index >= 15 is 0 Å². The highest BCUT2D eigenvalue weighted by Crippen LogP contribution is 2.29. The van der Waals surface area contributed by atoms with E-state index in [0.29, 0.717) is 13.1 Å². The smallest absolute Gasteiger partial charge is 0.319 e. The zero-order valence-corrected chi connectivity index (χ0v) is 16.7. The molecule has 6 nitrogen and oxygen atoms in total. The van der Waals surface area contributed by atoms with Crippen LogP contribution in [-0.4, -0.2) is 61.0 Å². The number of carbonyl (C=O) groups excluding carboxylic acids is 2. The highest BCUT2D eigenvalue weighted by molar-refractivity contribution is 5.96. The molecule has 3 fully saturated rings. The van der Waals surface area contributed by atoms with Crippen molar-refractivity contribution in [2.45, 2.75) is 44.9 Å². The van der Waals surface area contributed by atoms with Crippen molar-refractivity contribution in [1.29, 1.82) is 0 Å². The minimum atomic E-state index is -0.0166. The average Bonchev–Trinajstić information content (AvgIpc) is 3.29. The van der Waals surface area contributed by atoms with Gasteiger partial charge < -0.3 is 20.0 Å². The van der Waals surface area contributed by atoms with Gasteiger partial charge in [-0.15, -0.1) is 0 Å². The van der Waals surface area contributed by atoms with Crippen molar-refractivity contribution in [2.75, 3.05) is 49.5 Å². The fourth-order valence-corrected chi connectivity index (χ4v) is 4.67. The van der Waals surface area contributed by atoms with Gasteiger partial charge in [-0.05, 0) is 57.1 Å². The number of benzene rings is 1. The number of nitrogens with one attached hydrogen (secondary N) is 1. The number of para-hydroxylation sites is 2. The molecule has 0 aliphatic carbocycles. The van der Waals surface area contributed by atoms with Crippen LogP contribution in [0.2, 0.25) is 0 Å². The third-order valence-corrected chi connectivity index (χ3v) is 6.37. The summed E-state index contributed by atoms with van der Waals surface area (Å²) in [6.45, 7) is 5.25. The number of anilines is 2. The highest BCUT2D eigenvalue weighted by Gasteiger charge is 2.30. The van der Waals surface area contributed by atoms with Crippen LogP contribution in [0.1, 0.15) is 44.9 Å². The molecule has 0 aromatic heterocycles. The summed E-state index contributed by atoms with van der Waals surface area (Å²) in [7, 11) is 0. The molecule has 3 saturated heterocycles. The number of hydrogen-bond acceptors (Lipinski definition) is 3. The third-order valence-electron chi connectivity index (χ3n) is 6.37. The van der Waals surface area contributed by atoms with Crippen molar-refractivity contribution in [3.05, 3.63) is 24.3 Å². The van der Waals surface area contributed by atoms with E-state index in [2.05, 4.69) is 16.3 Å². The molecule has 0 saturated carbocycles. The molecule has 0 unspecified atom stereocenters. The first-order valence-corrected chi connectivity index (χ1v) is 10.9. The molecule has 0 atom stereocenters. The number of urea groups is 1. The van der Waals surface area contributed by atoms with E-state index in [1.165, 1.54) is 19.3 Å². The molecule has 152 valence electrons. The molecule has 0 radical (unpaired) electrons. The maximum atomic E-state index is 12.9. The Morgan fingerprint density at radius 3 is 2.11 bits per heavy atom. The Labute approximate surface area is 167 Å². The first-order chi connectivity index (χ1) is 13.7. The van der Waals surface area contributed by atoms with E-state index < -0.39 is 0 Å². The summed E-state index contributed by atoms with van der Waals surface area (Å²) in [5.41, 5.74) is 2.06. The van der Waals surface area contributed by atoms with Crippen LogP contribution < -0.4 is 10.2 Å². The van der Waals surface area contributed by atoms with Crippen molar-refractivity contribution >= 4 is 23.3 Å². The van der Waals surface area contributed by atoms with Crippen LogP contribution in [0.3, 0.4) is 0 Å². The van der Waals surface area contributed by atoms with Gasteiger partial charge in [0, 0.05) is 45.2 Å². The van der Waals surface area contributed by atoms with Gasteiger partial charge in [0.2, 0.25) is 5.91 Å². The number of amides is 3. The topological polar surface area (TPSA) is 55.9 Å². The Morgan fingerprint density at radius 2 is 1.39 bits per heavy atom. The zero-order valence-electron chi connectivity index (χ0n) is 16.7. The second-order valence-electron chi connectivity index (χ2n) is 8.29. The monoisotopic (exact) mass is 384 g/mol. The molecule has 0 bridgehead atoms. The van der Waals surface area contributed by atoms with Gasteiger partial charge in [-0.25, -0.2) is 4.79 Å². The second kappa shape index (κ2) is 8.84. The van der Waals surface area contributed by atoms with Gasteiger partial charge in [0.05, 0.1) is 11.4 Å². The van der Waals surface area contributed by atoms with Crippen LogP contribution in [0.15, 0.2) is 24.3 Å². The molecule has 28 heavy (non-hydrogen) atoms. The molecular weight excluding hydrogens is 352 g/mol. The number of rotatable bonds is 3. The molecule has 0 spiro atoms. The van der Waals surface area contributed by atoms with Crippen molar-refractivity contribution in [3.63, 3.8) is 0 Å². The Bertz CT molecular complexity index is 688. The number of carbonyl (C=O) groups is 2. The second-order valence-corrected chi connectivity index (χ2v) is 8.29. The maximum Gasteiger partial charge on any atom is 0.319 e. The van der Waals surface area contributed by atoms with Gasteiger partial charge in [-0.1, -0.05) is 12.1 Å². The first-order valence-electron chi connectivity index (χ1n) is 10.9. The van der Waals surface area contributed by atoms with Gasteiger partial charge in [-0.3, -0.25) is 4.79 Å². The Morgan fingerprint density at radius 1 is 0.786 bits per heavy atom. The van der Waals surface area contributed by atoms with Crippen LogP contribution in [0.4, 0.5) is 16.2 Å². The molecule has 1 aromatic carbocycles. The summed E-state index contributed by atoms with van der Waals surface area (Å²) in [6, 6.07) is 8.31. The van der Waals surface area contributed by atoms with Crippen LogP contribution in [0.5, 0.6) is 0 Å². The summed E-state index contributed by atoms with van der Waals surface area (Å²) in [5.74, 6) is 0.0785. The van der Waals surface area contributed by atoms with E-state index in [4.69, 9.17) is 0 Å². The molecule has 3 aliphatic heterocycles. The summed E-state index contributed by atoms with van der Waals surface area (Å²) >= 11 is 0. The summed E-state index contributed by atoms with van der Waals surface area (Å²) in [6.07, 6.45) is 7.44. The first kappa shape index (κ1) is 19.1. The number of nitrogens with zero attached hydrogens (tertiary/aromatic N) is 3. The molecule has 1 N–H and O–H groups in total. The van der Waals surface area contributed by atoms with E-state index in [1.807, 2.05) is 28.0 Å². The number of hydrogen-bond donors (Lipinski definition) is 1. The highest BCUT2D eigenvalue weighted by atomic mass is 16.2. The lowest BCUT2D eigenvalue weighted by Crippen LogP contribution is -2.47. The normalized spacial score (nSPS) is 21.1. The summed E-state index contributed by atoms with van der Waals surface area (Å²) in [5, 5.41) is 3.18. The van der Waals surface area contributed by atoms with Crippen molar-refractivity contribution in [3.8, 4) is 0 Å². The van der Waals surface area contributed by atoms with Gasteiger partial charge in [0.25, 0.3) is 0 Å². The Kier molecular flexibility index (Phi) is 6.03. The number of likely N-dealkylation sites (tertiary alicyclic amines) is 2. The number of piperidine rings is 2. The summed E-state index contributed by atoms with van der Waals surface area (Å²) < 4.78 is 0. The fraction of sp³-hybridized carbons (Fsp3) is 0.636. The van der Waals surface area contributed by atoms with E-state index in [-0.39, 0.29) is 17.9 Å². The van der Waals surface area contributed by atoms with Crippen molar-refractivity contribution < 1.29 is 9.59 Å². The third kappa shape index (κ3) is 4.26. The largest absolute Gasteiger partial charge is 0.370 e. The lowest BCUT2D eigenvalue weighted by atomic mass is 9.96. The molecule has 3 amide bonds. The summed E-state index contributed by atoms with van der Waals surface area (Å²) in [4.78, 5) is 31.7. The quantitative estimate of drug-likeness (QED) is 0.867. The van der Waals surface area contributed by atoms with Crippen LogP contribution in [-0.2, 0) is 4.79 Å². The van der Waals surface area contributed by atoms with Crippen molar-refractivity contribution in [2.24, 2.45) is 5.92 Å². The van der Waals surface area contributed by atoms with Crippen molar-refractivity contribution in [1.82, 2.24) is 9.80 Å². The fourth-order valence-electron chi connectivity index (χ4n) is 4.67. The zero-order chi connectivity index (χ0) is 19.3. The molecule has 4 rings (SSSR count). The average molecular weight is 385 g/mol. The van der Waals surface area contributed by atoms with E-state index in [0.717, 1.165) is 63.2 Å². The maximum absolute atomic E-state index is 12.9. The predicted octanol–water partition coefficient (Wildman–Crippen LogP) is 3.54.